The molecule has 3 rings (SSSR count). The monoisotopic (exact) mass is 324 g/mol. The van der Waals surface area contributed by atoms with Gasteiger partial charge in [-0.2, -0.15) is 13.2 Å². The Balaban J connectivity index is 2.05. The first-order valence-corrected chi connectivity index (χ1v) is 6.59. The van der Waals surface area contributed by atoms with Gasteiger partial charge in [0.25, 0.3) is 0 Å². The van der Waals surface area contributed by atoms with Crippen molar-refractivity contribution in [2.45, 2.75) is 12.7 Å². The van der Waals surface area contributed by atoms with Gasteiger partial charge in [-0.05, 0) is 24.3 Å². The molecule has 0 amide bonds. The SMILES string of the molecule is COC(=O)c1ccc(Cn2c(C(F)(F)F)nc3ccccc32)o1. The van der Waals surface area contributed by atoms with E-state index in [1.54, 1.807) is 18.2 Å². The van der Waals surface area contributed by atoms with E-state index in [1.807, 2.05) is 0 Å². The van der Waals surface area contributed by atoms with Gasteiger partial charge in [0.15, 0.2) is 0 Å². The van der Waals surface area contributed by atoms with E-state index in [1.165, 1.54) is 25.3 Å². The van der Waals surface area contributed by atoms with Gasteiger partial charge in [-0.3, -0.25) is 0 Å². The molecule has 3 aromatic rings. The first-order valence-electron chi connectivity index (χ1n) is 6.59. The minimum atomic E-state index is -4.60. The molecule has 0 aliphatic heterocycles. The zero-order valence-corrected chi connectivity index (χ0v) is 11.9. The Hall–Kier alpha value is -2.77. The predicted molar refractivity (Wildman–Crippen MR) is 73.9 cm³/mol. The first-order chi connectivity index (χ1) is 10.9. The van der Waals surface area contributed by atoms with Crippen molar-refractivity contribution in [1.29, 1.82) is 0 Å². The Bertz CT molecular complexity index is 864. The molecule has 0 radical (unpaired) electrons. The Morgan fingerprint density at radius 1 is 1.26 bits per heavy atom. The third-order valence-corrected chi connectivity index (χ3v) is 3.27. The second-order valence-electron chi connectivity index (χ2n) is 4.77. The summed E-state index contributed by atoms with van der Waals surface area (Å²) in [4.78, 5) is 15.0. The van der Waals surface area contributed by atoms with Gasteiger partial charge in [0.05, 0.1) is 24.7 Å². The van der Waals surface area contributed by atoms with Crippen LogP contribution in [0.25, 0.3) is 11.0 Å². The lowest BCUT2D eigenvalue weighted by Gasteiger charge is -2.09. The number of hydrogen-bond donors (Lipinski definition) is 0. The van der Waals surface area contributed by atoms with Crippen molar-refractivity contribution in [3.8, 4) is 0 Å². The maximum Gasteiger partial charge on any atom is 0.449 e. The molecule has 0 aliphatic rings. The summed E-state index contributed by atoms with van der Waals surface area (Å²) in [5.41, 5.74) is 0.565. The number of hydrogen-bond acceptors (Lipinski definition) is 4. The standard InChI is InChI=1S/C15H11F3N2O3/c1-22-13(21)12-7-6-9(23-12)8-20-11-5-3-2-4-10(11)19-14(20)15(16,17)18/h2-7H,8H2,1H3. The van der Waals surface area contributed by atoms with E-state index in [4.69, 9.17) is 4.42 Å². The quantitative estimate of drug-likeness (QED) is 0.692. The Kier molecular flexibility index (Phi) is 3.59. The molecule has 8 heteroatoms. The van der Waals surface area contributed by atoms with E-state index < -0.39 is 18.0 Å². The number of rotatable bonds is 3. The molecule has 0 unspecified atom stereocenters. The average molecular weight is 324 g/mol. The molecule has 1 aromatic carbocycles. The van der Waals surface area contributed by atoms with Gasteiger partial charge in [-0.15, -0.1) is 0 Å². The van der Waals surface area contributed by atoms with E-state index in [0.29, 0.717) is 5.52 Å². The van der Waals surface area contributed by atoms with Gasteiger partial charge in [0.2, 0.25) is 11.6 Å². The lowest BCUT2D eigenvalue weighted by Crippen LogP contribution is -2.15. The van der Waals surface area contributed by atoms with E-state index in [-0.39, 0.29) is 23.6 Å². The Morgan fingerprint density at radius 3 is 2.70 bits per heavy atom. The van der Waals surface area contributed by atoms with Gasteiger partial charge < -0.3 is 13.7 Å². The molecule has 0 fully saturated rings. The smallest absolute Gasteiger partial charge is 0.449 e. The summed E-state index contributed by atoms with van der Waals surface area (Å²) in [7, 11) is 1.19. The molecule has 23 heavy (non-hydrogen) atoms. The van der Waals surface area contributed by atoms with Crippen LogP contribution in [0.1, 0.15) is 22.1 Å². The number of esters is 1. The van der Waals surface area contributed by atoms with Crippen LogP contribution in [0.2, 0.25) is 0 Å². The van der Waals surface area contributed by atoms with Gasteiger partial charge in [-0.25, -0.2) is 9.78 Å². The summed E-state index contributed by atoms with van der Waals surface area (Å²) in [6, 6.07) is 9.07. The van der Waals surface area contributed by atoms with E-state index >= 15 is 0 Å². The molecule has 2 aromatic heterocycles. The van der Waals surface area contributed by atoms with Crippen LogP contribution in [0.4, 0.5) is 13.2 Å². The Morgan fingerprint density at radius 2 is 2.00 bits per heavy atom. The number of fused-ring (bicyclic) bond motifs is 1. The van der Waals surface area contributed by atoms with Crippen LogP contribution in [0.15, 0.2) is 40.8 Å². The summed E-state index contributed by atoms with van der Waals surface area (Å²) in [5.74, 6) is -1.59. The third-order valence-electron chi connectivity index (χ3n) is 3.27. The van der Waals surface area contributed by atoms with E-state index in [0.717, 1.165) is 4.57 Å². The number of alkyl halides is 3. The molecular weight excluding hydrogens is 313 g/mol. The van der Waals surface area contributed by atoms with Gasteiger partial charge in [-0.1, -0.05) is 12.1 Å². The number of aromatic nitrogens is 2. The number of nitrogens with zero attached hydrogens (tertiary/aromatic N) is 2. The number of carbonyl (C=O) groups excluding carboxylic acids is 1. The molecule has 5 nitrogen and oxygen atoms in total. The van der Waals surface area contributed by atoms with E-state index in [2.05, 4.69) is 9.72 Å². The van der Waals surface area contributed by atoms with Crippen LogP contribution in [0.5, 0.6) is 0 Å². The van der Waals surface area contributed by atoms with Gasteiger partial charge in [0.1, 0.15) is 5.76 Å². The maximum atomic E-state index is 13.2. The van der Waals surface area contributed by atoms with Crippen LogP contribution >= 0.6 is 0 Å². The lowest BCUT2D eigenvalue weighted by molar-refractivity contribution is -0.146. The second kappa shape index (κ2) is 5.45. The van der Waals surface area contributed by atoms with Crippen LogP contribution in [0, 0.1) is 0 Å². The topological polar surface area (TPSA) is 57.3 Å². The maximum absolute atomic E-state index is 13.2. The average Bonchev–Trinajstić information content (AvgIpc) is 3.12. The van der Waals surface area contributed by atoms with Crippen molar-refractivity contribution in [2.24, 2.45) is 0 Å². The predicted octanol–water partition coefficient (Wildman–Crippen LogP) is 3.48. The van der Waals surface area contributed by atoms with Crippen LogP contribution < -0.4 is 0 Å². The highest BCUT2D eigenvalue weighted by Crippen LogP contribution is 2.32. The number of para-hydroxylation sites is 2. The first kappa shape index (κ1) is 15.1. The number of benzene rings is 1. The van der Waals surface area contributed by atoms with Crippen LogP contribution in [-0.2, 0) is 17.5 Å². The fourth-order valence-corrected chi connectivity index (χ4v) is 2.28. The number of halogens is 3. The third kappa shape index (κ3) is 2.79. The van der Waals surface area contributed by atoms with Crippen molar-refractivity contribution in [1.82, 2.24) is 9.55 Å². The van der Waals surface area contributed by atoms with Crippen molar-refractivity contribution in [3.63, 3.8) is 0 Å². The summed E-state index contributed by atoms with van der Waals surface area (Å²) < 4.78 is 50.3. The molecule has 2 heterocycles. The summed E-state index contributed by atoms with van der Waals surface area (Å²) >= 11 is 0. The molecule has 0 spiro atoms. The minimum absolute atomic E-state index is 0.0690. The number of ether oxygens (including phenoxy) is 1. The molecule has 120 valence electrons. The van der Waals surface area contributed by atoms with Gasteiger partial charge >= 0.3 is 12.1 Å². The molecule has 0 atom stereocenters. The number of furan rings is 1. The van der Waals surface area contributed by atoms with Crippen molar-refractivity contribution in [2.75, 3.05) is 7.11 Å². The Labute approximate surface area is 128 Å². The molecule has 0 aliphatic carbocycles. The van der Waals surface area contributed by atoms with E-state index in [9.17, 15) is 18.0 Å². The fourth-order valence-electron chi connectivity index (χ4n) is 2.28. The fraction of sp³-hybridized carbons (Fsp3) is 0.200. The normalized spacial score (nSPS) is 11.8. The minimum Gasteiger partial charge on any atom is -0.463 e. The largest absolute Gasteiger partial charge is 0.463 e. The van der Waals surface area contributed by atoms with Crippen molar-refractivity contribution in [3.05, 3.63) is 53.7 Å². The molecular formula is C15H11F3N2O3. The summed E-state index contributed by atoms with van der Waals surface area (Å²) in [6.07, 6.45) is -4.60. The highest BCUT2D eigenvalue weighted by atomic mass is 19.4. The highest BCUT2D eigenvalue weighted by molar-refractivity contribution is 5.86. The molecule has 0 bridgehead atoms. The second-order valence-corrected chi connectivity index (χ2v) is 4.77. The lowest BCUT2D eigenvalue weighted by atomic mass is 10.3. The highest BCUT2D eigenvalue weighted by Gasteiger charge is 2.37. The van der Waals surface area contributed by atoms with Crippen molar-refractivity contribution < 1.29 is 27.1 Å². The van der Waals surface area contributed by atoms with Gasteiger partial charge in [0, 0.05) is 0 Å². The molecule has 0 saturated carbocycles. The number of imidazole rings is 1. The van der Waals surface area contributed by atoms with Crippen LogP contribution in [0.3, 0.4) is 0 Å². The summed E-state index contributed by atoms with van der Waals surface area (Å²) in [5, 5.41) is 0. The zero-order valence-electron chi connectivity index (χ0n) is 11.9. The van der Waals surface area contributed by atoms with Crippen LogP contribution in [-0.4, -0.2) is 22.6 Å². The summed E-state index contributed by atoms with van der Waals surface area (Å²) in [6.45, 7) is -0.202. The molecule has 0 N–H and O–H groups in total. The molecule has 0 saturated heterocycles. The van der Waals surface area contributed by atoms with Crippen molar-refractivity contribution >= 4 is 17.0 Å². The zero-order chi connectivity index (χ0) is 16.6. The number of carbonyl (C=O) groups is 1. The number of methoxy groups -OCH3 is 1.